The van der Waals surface area contributed by atoms with E-state index in [0.717, 1.165) is 12.8 Å². The summed E-state index contributed by atoms with van der Waals surface area (Å²) in [4.78, 5) is 22.5. The molecule has 1 aliphatic rings. The van der Waals surface area contributed by atoms with Crippen LogP contribution in [0, 0.1) is 19.1 Å². The normalized spacial score (nSPS) is 12.8. The third kappa shape index (κ3) is 4.74. The molecule has 0 bridgehead atoms. The Morgan fingerprint density at radius 3 is 2.36 bits per heavy atom. The van der Waals surface area contributed by atoms with Crippen molar-refractivity contribution in [3.8, 4) is 0 Å². The van der Waals surface area contributed by atoms with Crippen molar-refractivity contribution in [3.05, 3.63) is 71.3 Å². The lowest BCUT2D eigenvalue weighted by molar-refractivity contribution is 0.0696. The number of hydrogen-bond donors (Lipinski definition) is 2. The summed E-state index contributed by atoms with van der Waals surface area (Å²) < 4.78 is 0. The number of carboxylic acids is 1. The molecule has 4 heteroatoms. The molecule has 2 aromatic rings. The molecule has 112 valence electrons. The van der Waals surface area contributed by atoms with E-state index < -0.39 is 5.97 Å². The fourth-order valence-electron chi connectivity index (χ4n) is 1.76. The standard InChI is InChI=1S/C12H12NO3.C6H5/c1-7-2-3-8(6-10(7)12(15)16)11(14)13-9-4-5-9;1-2-4-6-5-3-1/h2,6,9H,4-5H2,1H3,(H,13,14)(H,15,16);1-5H. The number of benzene rings is 2. The second kappa shape index (κ2) is 7.41. The van der Waals surface area contributed by atoms with Crippen molar-refractivity contribution in [1.82, 2.24) is 5.32 Å². The van der Waals surface area contributed by atoms with Crippen LogP contribution in [0.15, 0.2) is 42.5 Å². The van der Waals surface area contributed by atoms with E-state index in [-0.39, 0.29) is 23.1 Å². The number of carboxylic acid groups (broad SMARTS) is 1. The molecule has 22 heavy (non-hydrogen) atoms. The molecule has 1 saturated carbocycles. The highest BCUT2D eigenvalue weighted by molar-refractivity contribution is 5.98. The summed E-state index contributed by atoms with van der Waals surface area (Å²) in [6.45, 7) is 1.68. The molecule has 0 aliphatic heterocycles. The van der Waals surface area contributed by atoms with Crippen molar-refractivity contribution in [2.75, 3.05) is 0 Å². The summed E-state index contributed by atoms with van der Waals surface area (Å²) in [5, 5.41) is 11.7. The summed E-state index contributed by atoms with van der Waals surface area (Å²) in [7, 11) is 0. The van der Waals surface area contributed by atoms with Crippen LogP contribution in [-0.4, -0.2) is 23.0 Å². The summed E-state index contributed by atoms with van der Waals surface area (Å²) in [6, 6.07) is 18.5. The molecule has 2 N–H and O–H groups in total. The molecule has 4 nitrogen and oxygen atoms in total. The molecule has 1 aliphatic carbocycles. The number of carbonyl (C=O) groups excluding carboxylic acids is 1. The molecule has 0 atom stereocenters. The Morgan fingerprint density at radius 2 is 1.91 bits per heavy atom. The maximum atomic E-state index is 11.6. The molecule has 3 rings (SSSR count). The number of nitrogens with one attached hydrogen (secondary N) is 1. The second-order valence-corrected chi connectivity index (χ2v) is 5.07. The summed E-state index contributed by atoms with van der Waals surface area (Å²) in [6.07, 6.45) is 2.01. The molecule has 0 saturated heterocycles. The molecule has 0 spiro atoms. The van der Waals surface area contributed by atoms with Gasteiger partial charge in [0.2, 0.25) is 0 Å². The Labute approximate surface area is 129 Å². The highest BCUT2D eigenvalue weighted by Gasteiger charge is 2.24. The van der Waals surface area contributed by atoms with Crippen molar-refractivity contribution in [1.29, 1.82) is 0 Å². The highest BCUT2D eigenvalue weighted by Crippen LogP contribution is 2.19. The molecule has 2 aromatic carbocycles. The molecular formula is C18H17NO3. The minimum absolute atomic E-state index is 0.152. The van der Waals surface area contributed by atoms with E-state index in [9.17, 15) is 9.59 Å². The topological polar surface area (TPSA) is 66.4 Å². The van der Waals surface area contributed by atoms with Crippen molar-refractivity contribution in [3.63, 3.8) is 0 Å². The Morgan fingerprint density at radius 1 is 1.23 bits per heavy atom. The first kappa shape index (κ1) is 15.8. The van der Waals surface area contributed by atoms with Crippen molar-refractivity contribution < 1.29 is 14.7 Å². The van der Waals surface area contributed by atoms with Gasteiger partial charge in [-0.3, -0.25) is 4.79 Å². The molecule has 0 aromatic heterocycles. The first-order chi connectivity index (χ1) is 10.6. The van der Waals surface area contributed by atoms with Gasteiger partial charge < -0.3 is 10.4 Å². The Hall–Kier alpha value is -2.62. The monoisotopic (exact) mass is 295 g/mol. The van der Waals surface area contributed by atoms with Crippen LogP contribution >= 0.6 is 0 Å². The molecule has 0 unspecified atom stereocenters. The first-order valence-corrected chi connectivity index (χ1v) is 7.05. The zero-order chi connectivity index (χ0) is 15.9. The van der Waals surface area contributed by atoms with Gasteiger partial charge in [-0.15, -0.1) is 0 Å². The largest absolute Gasteiger partial charge is 0.478 e. The summed E-state index contributed by atoms with van der Waals surface area (Å²) >= 11 is 0. The SMILES string of the molecule is Cc1c[c]c(C(=O)NC2CC2)cc1C(=O)O.[c]1ccccc1. The van der Waals surface area contributed by atoms with E-state index in [4.69, 9.17) is 5.11 Å². The quantitative estimate of drug-likeness (QED) is 0.915. The van der Waals surface area contributed by atoms with Crippen molar-refractivity contribution >= 4 is 11.9 Å². The van der Waals surface area contributed by atoms with Gasteiger partial charge in [-0.2, -0.15) is 0 Å². The molecule has 0 heterocycles. The van der Waals surface area contributed by atoms with Crippen LogP contribution in [-0.2, 0) is 0 Å². The van der Waals surface area contributed by atoms with Gasteiger partial charge in [-0.1, -0.05) is 30.3 Å². The van der Waals surface area contributed by atoms with Gasteiger partial charge in [-0.05, 0) is 49.6 Å². The summed E-state index contributed by atoms with van der Waals surface area (Å²) in [5.74, 6) is -1.27. The number of aromatic carboxylic acids is 1. The number of aryl methyl sites for hydroxylation is 1. The van der Waals surface area contributed by atoms with Gasteiger partial charge in [0.05, 0.1) is 5.56 Å². The third-order valence-electron chi connectivity index (χ3n) is 3.15. The predicted octanol–water partition coefficient (Wildman–Crippen LogP) is 2.87. The lowest BCUT2D eigenvalue weighted by Crippen LogP contribution is -2.25. The van der Waals surface area contributed by atoms with Gasteiger partial charge in [-0.25, -0.2) is 4.79 Å². The number of carbonyl (C=O) groups is 2. The van der Waals surface area contributed by atoms with Crippen LogP contribution in [0.25, 0.3) is 0 Å². The minimum atomic E-state index is -1.02. The van der Waals surface area contributed by atoms with Crippen LogP contribution in [0.3, 0.4) is 0 Å². The average molecular weight is 295 g/mol. The van der Waals surface area contributed by atoms with Crippen LogP contribution in [0.2, 0.25) is 0 Å². The van der Waals surface area contributed by atoms with E-state index in [0.29, 0.717) is 5.56 Å². The second-order valence-electron chi connectivity index (χ2n) is 5.07. The van der Waals surface area contributed by atoms with Gasteiger partial charge >= 0.3 is 5.97 Å². The molecular weight excluding hydrogens is 278 g/mol. The van der Waals surface area contributed by atoms with E-state index >= 15 is 0 Å². The highest BCUT2D eigenvalue weighted by atomic mass is 16.4. The molecule has 1 amide bonds. The van der Waals surface area contributed by atoms with E-state index in [1.165, 1.54) is 12.1 Å². The number of amides is 1. The Kier molecular flexibility index (Phi) is 5.31. The molecule has 1 fully saturated rings. The zero-order valence-electron chi connectivity index (χ0n) is 12.3. The zero-order valence-corrected chi connectivity index (χ0v) is 12.3. The van der Waals surface area contributed by atoms with E-state index in [2.05, 4.69) is 17.4 Å². The Bertz CT molecular complexity index is 622. The average Bonchev–Trinajstić information content (AvgIpc) is 3.33. The smallest absolute Gasteiger partial charge is 0.335 e. The van der Waals surface area contributed by atoms with Gasteiger partial charge in [0.1, 0.15) is 0 Å². The fourth-order valence-corrected chi connectivity index (χ4v) is 1.76. The van der Waals surface area contributed by atoms with E-state index in [1.807, 2.05) is 30.3 Å². The van der Waals surface area contributed by atoms with E-state index in [1.54, 1.807) is 6.92 Å². The van der Waals surface area contributed by atoms with Crippen LogP contribution in [0.5, 0.6) is 0 Å². The number of rotatable bonds is 3. The van der Waals surface area contributed by atoms with Crippen LogP contribution in [0.4, 0.5) is 0 Å². The summed E-state index contributed by atoms with van der Waals surface area (Å²) in [5.41, 5.74) is 1.05. The van der Waals surface area contributed by atoms with Gasteiger partial charge in [0.15, 0.2) is 0 Å². The van der Waals surface area contributed by atoms with Crippen LogP contribution < -0.4 is 5.32 Å². The van der Waals surface area contributed by atoms with Crippen molar-refractivity contribution in [2.45, 2.75) is 25.8 Å². The lowest BCUT2D eigenvalue weighted by Gasteiger charge is -2.05. The van der Waals surface area contributed by atoms with Gasteiger partial charge in [0, 0.05) is 11.6 Å². The van der Waals surface area contributed by atoms with Crippen molar-refractivity contribution in [2.24, 2.45) is 0 Å². The predicted molar refractivity (Wildman–Crippen MR) is 82.7 cm³/mol. The molecule has 2 radical (unpaired) electrons. The number of hydrogen-bond acceptors (Lipinski definition) is 2. The lowest BCUT2D eigenvalue weighted by atomic mass is 10.0. The van der Waals surface area contributed by atoms with Crippen LogP contribution in [0.1, 0.15) is 39.1 Å². The first-order valence-electron chi connectivity index (χ1n) is 7.05. The third-order valence-corrected chi connectivity index (χ3v) is 3.15. The Balaban J connectivity index is 0.000000246. The maximum Gasteiger partial charge on any atom is 0.335 e. The van der Waals surface area contributed by atoms with Gasteiger partial charge in [0.25, 0.3) is 5.91 Å². The maximum absolute atomic E-state index is 11.6. The minimum Gasteiger partial charge on any atom is -0.478 e. The fraction of sp³-hybridized carbons (Fsp3) is 0.222.